The molecule has 9 atom stereocenters. The van der Waals surface area contributed by atoms with Crippen LogP contribution in [0.1, 0.15) is 91.1 Å². The van der Waals surface area contributed by atoms with Crippen molar-refractivity contribution < 1.29 is 53.8 Å². The van der Waals surface area contributed by atoms with Gasteiger partial charge in [0.1, 0.15) is 34.0 Å². The smallest absolute Gasteiger partial charge is 0.312 e. The summed E-state index contributed by atoms with van der Waals surface area (Å²) < 4.78 is 24.0. The molecule has 1 spiro atoms. The third-order valence-corrected chi connectivity index (χ3v) is 12.9. The number of methoxy groups -OCH3 is 1. The summed E-state index contributed by atoms with van der Waals surface area (Å²) in [5.74, 6) is -6.57. The predicted octanol–water partition coefficient (Wildman–Crippen LogP) is 4.75. The zero-order chi connectivity index (χ0) is 44.9. The Kier molecular flexibility index (Phi) is 13.1. The van der Waals surface area contributed by atoms with Crippen LogP contribution in [-0.2, 0) is 23.8 Å². The number of benzene rings is 2. The van der Waals surface area contributed by atoms with Gasteiger partial charge in [0.2, 0.25) is 0 Å². The quantitative estimate of drug-likeness (QED) is 0.208. The number of nitrogens with one attached hydrogen (secondary N) is 1. The number of esters is 1. The Bertz CT molecular complexity index is 2300. The number of phenolic OH excluding ortho intramolecular Hbond substituents is 2. The minimum Gasteiger partial charge on any atom is -0.507 e. The first kappa shape index (κ1) is 45.7. The van der Waals surface area contributed by atoms with Crippen molar-refractivity contribution >= 4 is 34.1 Å². The van der Waals surface area contributed by atoms with E-state index in [1.165, 1.54) is 27.2 Å². The molecule has 2 aromatic rings. The van der Waals surface area contributed by atoms with Crippen LogP contribution in [0.2, 0.25) is 0 Å². The van der Waals surface area contributed by atoms with Crippen molar-refractivity contribution in [2.75, 3.05) is 32.1 Å². The van der Waals surface area contributed by atoms with Crippen LogP contribution < -0.4 is 20.8 Å². The van der Waals surface area contributed by atoms with Gasteiger partial charge in [-0.1, -0.05) is 59.8 Å². The van der Waals surface area contributed by atoms with Crippen molar-refractivity contribution in [1.29, 1.82) is 0 Å². The van der Waals surface area contributed by atoms with Crippen molar-refractivity contribution in [2.45, 2.75) is 118 Å². The fourth-order valence-corrected chi connectivity index (χ4v) is 9.24. The molecule has 4 aliphatic heterocycles. The molecule has 0 radical (unpaired) electrons. The van der Waals surface area contributed by atoms with Crippen LogP contribution in [-0.4, -0.2) is 106 Å². The third-order valence-electron chi connectivity index (χ3n) is 12.9. The van der Waals surface area contributed by atoms with Crippen LogP contribution in [0.4, 0.5) is 5.69 Å². The molecule has 1 amide bonds. The van der Waals surface area contributed by atoms with Crippen molar-refractivity contribution in [3.05, 3.63) is 58.0 Å². The molecule has 15 heteroatoms. The number of likely N-dealkylation sites (tertiary alicyclic amines) is 1. The first-order valence-corrected chi connectivity index (χ1v) is 21.2. The Balaban J connectivity index is 1.55. The Morgan fingerprint density at radius 3 is 2.28 bits per heavy atom. The number of Topliss-reactive ketones (excluding diaryl/α,β-unsaturated/α-hetero) is 1. The van der Waals surface area contributed by atoms with Gasteiger partial charge in [-0.05, 0) is 25.8 Å². The molecule has 4 bridgehead atoms. The molecule has 0 aliphatic carbocycles. The topological polar surface area (TPSA) is 209 Å². The molecule has 0 saturated carbocycles. The molecular formula is C46H62N4O11. The zero-order valence-corrected chi connectivity index (χ0v) is 37.1. The number of ether oxygens (including phenoxy) is 4. The number of allylic oxidation sites excluding steroid dienone is 2. The van der Waals surface area contributed by atoms with Gasteiger partial charge in [0.15, 0.2) is 5.75 Å². The van der Waals surface area contributed by atoms with E-state index in [0.29, 0.717) is 24.4 Å². The van der Waals surface area contributed by atoms with E-state index in [1.54, 1.807) is 65.8 Å². The number of phenols is 2. The second kappa shape index (κ2) is 17.5. The van der Waals surface area contributed by atoms with Crippen molar-refractivity contribution in [3.63, 3.8) is 0 Å². The van der Waals surface area contributed by atoms with Crippen molar-refractivity contribution in [1.82, 2.24) is 4.90 Å². The van der Waals surface area contributed by atoms with Gasteiger partial charge in [-0.25, -0.2) is 4.99 Å². The molecule has 4 aliphatic rings. The van der Waals surface area contributed by atoms with Gasteiger partial charge in [-0.2, -0.15) is 0 Å². The van der Waals surface area contributed by atoms with Gasteiger partial charge in [-0.3, -0.25) is 19.4 Å². The first-order chi connectivity index (χ1) is 28.6. The highest BCUT2D eigenvalue weighted by Gasteiger charge is 2.51. The molecular weight excluding hydrogens is 785 g/mol. The van der Waals surface area contributed by atoms with E-state index < -0.39 is 82.9 Å². The number of hydrogen-bond donors (Lipinski definition) is 5. The number of ketones is 1. The van der Waals surface area contributed by atoms with Gasteiger partial charge >= 0.3 is 11.8 Å². The fourth-order valence-electron chi connectivity index (χ4n) is 9.24. The van der Waals surface area contributed by atoms with Crippen LogP contribution in [0.25, 0.3) is 10.8 Å². The van der Waals surface area contributed by atoms with E-state index in [0.717, 1.165) is 19.6 Å². The van der Waals surface area contributed by atoms with Gasteiger partial charge in [0.25, 0.3) is 11.7 Å². The van der Waals surface area contributed by atoms with Gasteiger partial charge in [0, 0.05) is 93.6 Å². The summed E-state index contributed by atoms with van der Waals surface area (Å²) in [5.41, 5.74) is -0.111. The molecule has 1 fully saturated rings. The van der Waals surface area contributed by atoms with Gasteiger partial charge in [-0.15, -0.1) is 0 Å². The van der Waals surface area contributed by atoms with Gasteiger partial charge < -0.3 is 49.6 Å². The van der Waals surface area contributed by atoms with Crippen LogP contribution in [0.15, 0.2) is 46.1 Å². The second-order valence-corrected chi connectivity index (χ2v) is 18.0. The SMILES string of the molecule is CO[C@H]1/C=C/O[C@@]2(C)Oc3c(C)c(O)c4c(O)c(c5c(c4c3C2=O)NC2(CCN(CC(C)C)CC2)N=5)=NC(=O)C(C)=C/C=C/C(C)C(O)C(C)C(O)C(C)C(OC(C)=O)C1C. The lowest BCUT2D eigenvalue weighted by atomic mass is 9.78. The lowest BCUT2D eigenvalue weighted by molar-refractivity contribution is -0.160. The molecule has 4 heterocycles. The number of hydrogen-bond acceptors (Lipinski definition) is 14. The van der Waals surface area contributed by atoms with E-state index in [-0.39, 0.29) is 49.7 Å². The normalized spacial score (nSPS) is 31.8. The summed E-state index contributed by atoms with van der Waals surface area (Å²) in [6, 6.07) is 0. The van der Waals surface area contributed by atoms with Crippen LogP contribution in [0, 0.1) is 36.5 Å². The molecule has 15 nitrogen and oxygen atoms in total. The molecule has 332 valence electrons. The fraction of sp³-hybridized carbons (Fsp3) is 0.587. The van der Waals surface area contributed by atoms with Crippen LogP contribution in [0.3, 0.4) is 0 Å². The highest BCUT2D eigenvalue weighted by Crippen LogP contribution is 2.51. The number of aromatic hydroxyl groups is 2. The lowest BCUT2D eigenvalue weighted by Gasteiger charge is -2.38. The van der Waals surface area contributed by atoms with Crippen LogP contribution in [0.5, 0.6) is 17.2 Å². The summed E-state index contributed by atoms with van der Waals surface area (Å²) in [7, 11) is 1.47. The maximum atomic E-state index is 14.7. The molecule has 1 saturated heterocycles. The van der Waals surface area contributed by atoms with E-state index in [9.17, 15) is 34.8 Å². The monoisotopic (exact) mass is 846 g/mol. The summed E-state index contributed by atoms with van der Waals surface area (Å²) in [6.07, 6.45) is 5.07. The summed E-state index contributed by atoms with van der Waals surface area (Å²) in [5, 5.41) is 50.5. The highest BCUT2D eigenvalue weighted by molar-refractivity contribution is 6.21. The lowest BCUT2D eigenvalue weighted by Crippen LogP contribution is -2.47. The number of anilines is 1. The number of carbonyl (C=O) groups excluding carboxylic acids is 3. The van der Waals surface area contributed by atoms with Gasteiger partial charge in [0.05, 0.1) is 41.2 Å². The standard InChI is InChI=1S/C46H62N4O11/c1-22(2)21-50-18-16-46(17-19-50)48-34-31-32-39(54)28(8)42-33(31)43(56)45(10,61-42)59-20-15-30(58-11)25(5)41(60-29(9)51)27(7)38(53)26(6)37(52)23(3)13-12-14-24(4)44(57)47-36(40(32)55)35(34)49-46/h12-15,20,22-23,25-27,30,37-38,41,48,52-55H,16-19,21H2,1-11H3/b13-12+,20-15+,24-14?,47-36?/t23?,25?,26?,27?,30-,37?,38?,41?,45-/m0/s1. The molecule has 61 heavy (non-hydrogen) atoms. The Labute approximate surface area is 356 Å². The Morgan fingerprint density at radius 2 is 1.66 bits per heavy atom. The maximum Gasteiger partial charge on any atom is 0.312 e. The predicted molar refractivity (Wildman–Crippen MR) is 228 cm³/mol. The maximum absolute atomic E-state index is 14.7. The summed E-state index contributed by atoms with van der Waals surface area (Å²) in [4.78, 5) is 52.9. The molecule has 2 aromatic carbocycles. The highest BCUT2D eigenvalue weighted by atomic mass is 16.7. The molecule has 7 unspecified atom stereocenters. The third kappa shape index (κ3) is 8.54. The van der Waals surface area contributed by atoms with Crippen LogP contribution >= 0.6 is 0 Å². The summed E-state index contributed by atoms with van der Waals surface area (Å²) >= 11 is 0. The second-order valence-electron chi connectivity index (χ2n) is 18.0. The summed E-state index contributed by atoms with van der Waals surface area (Å²) in [6.45, 7) is 19.6. The minimum atomic E-state index is -1.95. The minimum absolute atomic E-state index is 0.0538. The average Bonchev–Trinajstić information content (AvgIpc) is 3.71. The number of aliphatic hydroxyl groups is 2. The number of piperidine rings is 1. The molecule has 6 rings (SSSR count). The van der Waals surface area contributed by atoms with E-state index >= 15 is 0 Å². The van der Waals surface area contributed by atoms with E-state index in [2.05, 4.69) is 29.1 Å². The first-order valence-electron chi connectivity index (χ1n) is 21.2. The largest absolute Gasteiger partial charge is 0.507 e. The van der Waals surface area contributed by atoms with Crippen molar-refractivity contribution in [2.24, 2.45) is 39.6 Å². The molecule has 5 N–H and O–H groups in total. The van der Waals surface area contributed by atoms with E-state index in [1.807, 2.05) is 0 Å². The number of nitrogens with zero attached hydrogens (tertiary/aromatic N) is 3. The van der Waals surface area contributed by atoms with Crippen molar-refractivity contribution in [3.8, 4) is 17.2 Å². The molecule has 0 aromatic heterocycles. The average molecular weight is 847 g/mol. The Morgan fingerprint density at radius 1 is 0.984 bits per heavy atom. The number of fused-ring (bicyclic) bond motifs is 1. The number of rotatable bonds is 4. The van der Waals surface area contributed by atoms with E-state index in [4.69, 9.17) is 23.9 Å². The number of aliphatic hydroxyl groups excluding tert-OH is 2. The number of carbonyl (C=O) groups is 3. The number of amides is 1. The zero-order valence-electron chi connectivity index (χ0n) is 37.1. The Hall–Kier alpha value is -4.83.